The molecule has 0 atom stereocenters. The number of benzene rings is 2. The molecule has 0 spiro atoms. The molecule has 1 nitrogen and oxygen atoms in total. The Bertz CT molecular complexity index is 603. The van der Waals surface area contributed by atoms with E-state index in [1.165, 1.54) is 37.8 Å². The highest BCUT2D eigenvalue weighted by Crippen LogP contribution is 2.31. The minimum Gasteiger partial charge on any atom is -0.429 e. The molecule has 0 saturated carbocycles. The zero-order valence-electron chi connectivity index (χ0n) is 14.5. The molecule has 0 aliphatic heterocycles. The maximum atomic E-state index is 14.2. The molecule has 0 amide bonds. The number of halogens is 2. The lowest BCUT2D eigenvalue weighted by molar-refractivity contribution is -0.185. The number of unbranched alkanes of at least 4 members (excludes halogenated alkanes) is 4. The Labute approximate surface area is 143 Å². The summed E-state index contributed by atoms with van der Waals surface area (Å²) < 4.78 is 33.3. The van der Waals surface area contributed by atoms with Gasteiger partial charge < -0.3 is 4.74 Å². The van der Waals surface area contributed by atoms with E-state index < -0.39 is 6.11 Å². The fourth-order valence-corrected chi connectivity index (χ4v) is 2.61. The normalized spacial score (nSPS) is 11.5. The van der Waals surface area contributed by atoms with Crippen molar-refractivity contribution >= 4 is 0 Å². The Kier molecular flexibility index (Phi) is 6.77. The second-order valence-electron chi connectivity index (χ2n) is 6.29. The highest BCUT2D eigenvalue weighted by atomic mass is 19.3. The minimum atomic E-state index is -3.32. The topological polar surface area (TPSA) is 9.23 Å². The van der Waals surface area contributed by atoms with Gasteiger partial charge in [-0.05, 0) is 49.6 Å². The summed E-state index contributed by atoms with van der Waals surface area (Å²) in [5, 5.41) is 0. The molecule has 0 aromatic heterocycles. The fourth-order valence-electron chi connectivity index (χ4n) is 2.61. The summed E-state index contributed by atoms with van der Waals surface area (Å²) in [5.74, 6) is 0.190. The van der Waals surface area contributed by atoms with Gasteiger partial charge in [-0.3, -0.25) is 0 Å². The van der Waals surface area contributed by atoms with Crippen molar-refractivity contribution in [3.05, 3.63) is 65.2 Å². The first kappa shape index (κ1) is 18.4. The minimum absolute atomic E-state index is 0.131. The number of hydrogen-bond acceptors (Lipinski definition) is 1. The van der Waals surface area contributed by atoms with Gasteiger partial charge in [-0.25, -0.2) is 0 Å². The predicted octanol–water partition coefficient (Wildman–Crippen LogP) is 6.64. The predicted molar refractivity (Wildman–Crippen MR) is 94.6 cm³/mol. The van der Waals surface area contributed by atoms with Gasteiger partial charge in [0.1, 0.15) is 5.75 Å². The average molecular weight is 332 g/mol. The highest BCUT2D eigenvalue weighted by Gasteiger charge is 2.34. The van der Waals surface area contributed by atoms with Gasteiger partial charge in [-0.1, -0.05) is 62.4 Å². The average Bonchev–Trinajstić information content (AvgIpc) is 2.56. The quantitative estimate of drug-likeness (QED) is 0.468. The fraction of sp³-hybridized carbons (Fsp3) is 0.429. The third-order valence-corrected chi connectivity index (χ3v) is 4.13. The molecule has 24 heavy (non-hydrogen) atoms. The van der Waals surface area contributed by atoms with Gasteiger partial charge >= 0.3 is 6.11 Å². The molecule has 0 radical (unpaired) electrons. The van der Waals surface area contributed by atoms with Crippen molar-refractivity contribution in [2.45, 2.75) is 58.5 Å². The largest absolute Gasteiger partial charge is 0.429 e. The lowest BCUT2D eigenvalue weighted by atomic mass is 10.1. The van der Waals surface area contributed by atoms with Crippen LogP contribution in [0, 0.1) is 6.92 Å². The molecule has 0 aliphatic rings. The third-order valence-electron chi connectivity index (χ3n) is 4.13. The highest BCUT2D eigenvalue weighted by molar-refractivity contribution is 5.29. The van der Waals surface area contributed by atoms with Crippen molar-refractivity contribution in [1.82, 2.24) is 0 Å². The molecule has 3 heteroatoms. The first-order valence-electron chi connectivity index (χ1n) is 8.74. The van der Waals surface area contributed by atoms with E-state index in [1.54, 1.807) is 24.3 Å². The van der Waals surface area contributed by atoms with Crippen LogP contribution in [0.3, 0.4) is 0 Å². The molecular formula is C21H26F2O. The zero-order chi connectivity index (χ0) is 17.4. The molecule has 2 aromatic carbocycles. The lowest BCUT2D eigenvalue weighted by Crippen LogP contribution is -2.21. The molecule has 0 fully saturated rings. The third kappa shape index (κ3) is 5.63. The number of alkyl halides is 2. The Morgan fingerprint density at radius 2 is 1.46 bits per heavy atom. The molecule has 0 unspecified atom stereocenters. The van der Waals surface area contributed by atoms with E-state index in [4.69, 9.17) is 4.74 Å². The molecule has 0 heterocycles. The Morgan fingerprint density at radius 3 is 2.08 bits per heavy atom. The van der Waals surface area contributed by atoms with Gasteiger partial charge in [-0.15, -0.1) is 0 Å². The maximum absolute atomic E-state index is 14.2. The maximum Gasteiger partial charge on any atom is 0.426 e. The van der Waals surface area contributed by atoms with Crippen molar-refractivity contribution in [2.75, 3.05) is 0 Å². The van der Waals surface area contributed by atoms with Crippen LogP contribution in [0.1, 0.15) is 55.7 Å². The second kappa shape index (κ2) is 8.81. The van der Waals surface area contributed by atoms with Gasteiger partial charge in [0.25, 0.3) is 0 Å². The van der Waals surface area contributed by atoms with E-state index in [1.807, 2.05) is 19.1 Å². The Balaban J connectivity index is 1.89. The summed E-state index contributed by atoms with van der Waals surface area (Å²) in [6.07, 6.45) is 3.80. The summed E-state index contributed by atoms with van der Waals surface area (Å²) in [4.78, 5) is 0. The summed E-state index contributed by atoms with van der Waals surface area (Å²) in [6, 6.07) is 13.1. The van der Waals surface area contributed by atoms with Crippen molar-refractivity contribution in [2.24, 2.45) is 0 Å². The van der Waals surface area contributed by atoms with Gasteiger partial charge in [0.15, 0.2) is 0 Å². The van der Waals surface area contributed by atoms with Crippen molar-refractivity contribution < 1.29 is 13.5 Å². The van der Waals surface area contributed by atoms with Crippen molar-refractivity contribution in [3.63, 3.8) is 0 Å². The van der Waals surface area contributed by atoms with E-state index in [0.29, 0.717) is 0 Å². The molecule has 130 valence electrons. The number of ether oxygens (including phenoxy) is 1. The van der Waals surface area contributed by atoms with Gasteiger partial charge in [0.05, 0.1) is 5.56 Å². The molecule has 0 aliphatic carbocycles. The summed E-state index contributed by atoms with van der Waals surface area (Å²) >= 11 is 0. The van der Waals surface area contributed by atoms with Gasteiger partial charge in [0.2, 0.25) is 0 Å². The van der Waals surface area contributed by atoms with E-state index in [-0.39, 0.29) is 11.3 Å². The van der Waals surface area contributed by atoms with Crippen LogP contribution in [0.2, 0.25) is 0 Å². The van der Waals surface area contributed by atoms with Gasteiger partial charge in [0, 0.05) is 0 Å². The van der Waals surface area contributed by atoms with Crippen LogP contribution in [0.5, 0.6) is 5.75 Å². The molecular weight excluding hydrogens is 306 g/mol. The van der Waals surface area contributed by atoms with Gasteiger partial charge in [-0.2, -0.15) is 8.78 Å². The standard InChI is InChI=1S/C21H26F2O/c1-3-4-5-6-7-8-18-11-15-20(16-12-18)24-21(22,23)19-13-9-17(2)10-14-19/h9-16H,3-8H2,1-2H3. The molecule has 0 bridgehead atoms. The number of aryl methyl sites for hydroxylation is 2. The van der Waals surface area contributed by atoms with Crippen molar-refractivity contribution in [1.29, 1.82) is 0 Å². The van der Waals surface area contributed by atoms with Crippen molar-refractivity contribution in [3.8, 4) is 5.75 Å². The van der Waals surface area contributed by atoms with Crippen LogP contribution in [0.4, 0.5) is 8.78 Å². The number of rotatable bonds is 9. The Hall–Kier alpha value is -1.90. The molecule has 2 aromatic rings. The SMILES string of the molecule is CCCCCCCc1ccc(OC(F)(F)c2ccc(C)cc2)cc1. The number of hydrogen-bond donors (Lipinski definition) is 0. The van der Waals surface area contributed by atoms with Crippen LogP contribution in [0.25, 0.3) is 0 Å². The summed E-state index contributed by atoms with van der Waals surface area (Å²) in [5.41, 5.74) is 1.98. The van der Waals surface area contributed by atoms with Crippen LogP contribution in [-0.2, 0) is 12.5 Å². The van der Waals surface area contributed by atoms with Crippen LogP contribution < -0.4 is 4.74 Å². The first-order valence-corrected chi connectivity index (χ1v) is 8.74. The van der Waals surface area contributed by atoms with E-state index in [9.17, 15) is 8.78 Å². The summed E-state index contributed by atoms with van der Waals surface area (Å²) in [7, 11) is 0. The van der Waals surface area contributed by atoms with Crippen LogP contribution >= 0.6 is 0 Å². The second-order valence-corrected chi connectivity index (χ2v) is 6.29. The van der Waals surface area contributed by atoms with Crippen LogP contribution in [0.15, 0.2) is 48.5 Å². The first-order chi connectivity index (χ1) is 11.5. The Morgan fingerprint density at radius 1 is 0.833 bits per heavy atom. The summed E-state index contributed by atoms with van der Waals surface area (Å²) in [6.45, 7) is 4.06. The van der Waals surface area contributed by atoms with E-state index in [0.717, 1.165) is 24.0 Å². The molecule has 0 N–H and O–H groups in total. The van der Waals surface area contributed by atoms with E-state index >= 15 is 0 Å². The smallest absolute Gasteiger partial charge is 0.426 e. The zero-order valence-corrected chi connectivity index (χ0v) is 14.5. The van der Waals surface area contributed by atoms with E-state index in [2.05, 4.69) is 6.92 Å². The van der Waals surface area contributed by atoms with Crippen LogP contribution in [-0.4, -0.2) is 0 Å². The molecule has 2 rings (SSSR count). The molecule has 0 saturated heterocycles. The lowest BCUT2D eigenvalue weighted by Gasteiger charge is -2.18. The monoisotopic (exact) mass is 332 g/mol.